The van der Waals surface area contributed by atoms with E-state index in [1.165, 1.54) is 25.7 Å². The van der Waals surface area contributed by atoms with E-state index in [-0.39, 0.29) is 11.9 Å². The van der Waals surface area contributed by atoms with Crippen molar-refractivity contribution in [2.45, 2.75) is 64.8 Å². The first-order valence-electron chi connectivity index (χ1n) is 9.53. The number of carbonyl (C=O) groups is 1. The lowest BCUT2D eigenvalue weighted by molar-refractivity contribution is -0.149. The molecule has 5 nitrogen and oxygen atoms in total. The lowest BCUT2D eigenvalue weighted by Gasteiger charge is -2.35. The molecule has 0 bridgehead atoms. The zero-order chi connectivity index (χ0) is 17.5. The smallest absolute Gasteiger partial charge is 0.308 e. The molecule has 2 fully saturated rings. The van der Waals surface area contributed by atoms with Gasteiger partial charge in [-0.05, 0) is 43.9 Å². The molecule has 2 aliphatic rings. The second-order valence-electron chi connectivity index (χ2n) is 7.23. The number of hydrazone groups is 1. The predicted molar refractivity (Wildman–Crippen MR) is 96.0 cm³/mol. The number of esters is 1. The van der Waals surface area contributed by atoms with Crippen LogP contribution in [0.4, 0.5) is 0 Å². The summed E-state index contributed by atoms with van der Waals surface area (Å²) >= 11 is 0. The lowest BCUT2D eigenvalue weighted by Crippen LogP contribution is -2.37. The van der Waals surface area contributed by atoms with Crippen LogP contribution in [-0.2, 0) is 14.3 Å². The predicted octanol–water partition coefficient (Wildman–Crippen LogP) is 3.48. The highest BCUT2D eigenvalue weighted by molar-refractivity contribution is 5.87. The largest absolute Gasteiger partial charge is 0.469 e. The van der Waals surface area contributed by atoms with E-state index < -0.39 is 0 Å². The number of hydrogen-bond acceptors (Lipinski definition) is 5. The summed E-state index contributed by atoms with van der Waals surface area (Å²) in [5.74, 6) is 0.667. The van der Waals surface area contributed by atoms with Crippen molar-refractivity contribution in [3.8, 4) is 0 Å². The average Bonchev–Trinajstić information content (AvgIpc) is 3.05. The molecule has 1 aliphatic heterocycles. The highest BCUT2D eigenvalue weighted by Crippen LogP contribution is 2.37. The van der Waals surface area contributed by atoms with Crippen LogP contribution in [0.3, 0.4) is 0 Å². The van der Waals surface area contributed by atoms with Gasteiger partial charge in [-0.3, -0.25) is 9.80 Å². The second kappa shape index (κ2) is 9.40. The number of carbonyl (C=O) groups excluding carboxylic acids is 1. The molecule has 1 aliphatic carbocycles. The number of hydrogen-bond donors (Lipinski definition) is 0. The Hall–Kier alpha value is -1.10. The summed E-state index contributed by atoms with van der Waals surface area (Å²) in [5.41, 5.74) is 1.22. The molecule has 138 valence electrons. The standard InChI is InChI=1S/C19H34N2O3/c1-5-18(20-21-12-8-9-15(21)13-23-3)14(2)16-10-6-7-11-17(16)19(22)24-4/h14-17H,5-13H2,1-4H3/b20-18-/t14-,15-,16+,17-/m0/s1. The maximum Gasteiger partial charge on any atom is 0.308 e. The summed E-state index contributed by atoms with van der Waals surface area (Å²) in [6, 6.07) is 0.395. The Morgan fingerprint density at radius 2 is 1.96 bits per heavy atom. The molecule has 5 heteroatoms. The number of nitrogens with zero attached hydrogens (tertiary/aromatic N) is 2. The van der Waals surface area contributed by atoms with Crippen molar-refractivity contribution >= 4 is 11.7 Å². The van der Waals surface area contributed by atoms with Gasteiger partial charge in [0.25, 0.3) is 0 Å². The van der Waals surface area contributed by atoms with Gasteiger partial charge in [-0.1, -0.05) is 26.7 Å². The Labute approximate surface area is 146 Å². The van der Waals surface area contributed by atoms with Gasteiger partial charge in [0.05, 0.1) is 25.7 Å². The fourth-order valence-corrected chi connectivity index (χ4v) is 4.41. The van der Waals surface area contributed by atoms with E-state index >= 15 is 0 Å². The normalized spacial score (nSPS) is 29.6. The molecule has 0 aromatic rings. The molecule has 1 saturated heterocycles. The first-order valence-corrected chi connectivity index (χ1v) is 9.53. The summed E-state index contributed by atoms with van der Waals surface area (Å²) in [5, 5.41) is 7.22. The van der Waals surface area contributed by atoms with Gasteiger partial charge >= 0.3 is 5.97 Å². The van der Waals surface area contributed by atoms with Gasteiger partial charge < -0.3 is 9.47 Å². The first-order chi connectivity index (χ1) is 11.6. The van der Waals surface area contributed by atoms with Crippen LogP contribution < -0.4 is 0 Å². The van der Waals surface area contributed by atoms with Crippen molar-refractivity contribution in [3.05, 3.63) is 0 Å². The average molecular weight is 338 g/mol. The summed E-state index contributed by atoms with van der Waals surface area (Å²) < 4.78 is 10.4. The summed E-state index contributed by atoms with van der Waals surface area (Å²) in [6.45, 7) is 6.17. The molecule has 2 rings (SSSR count). The third kappa shape index (κ3) is 4.50. The Bertz CT molecular complexity index is 438. The molecule has 0 amide bonds. The van der Waals surface area contributed by atoms with Crippen LogP contribution in [0.1, 0.15) is 58.8 Å². The second-order valence-corrected chi connectivity index (χ2v) is 7.23. The van der Waals surface area contributed by atoms with Crippen LogP contribution in [-0.4, -0.2) is 50.1 Å². The zero-order valence-electron chi connectivity index (χ0n) is 15.8. The molecule has 1 heterocycles. The number of methoxy groups -OCH3 is 2. The monoisotopic (exact) mass is 338 g/mol. The van der Waals surface area contributed by atoms with Gasteiger partial charge in [-0.15, -0.1) is 0 Å². The van der Waals surface area contributed by atoms with Crippen molar-refractivity contribution in [1.29, 1.82) is 0 Å². The van der Waals surface area contributed by atoms with Crippen LogP contribution in [0.2, 0.25) is 0 Å². The maximum absolute atomic E-state index is 12.2. The molecule has 24 heavy (non-hydrogen) atoms. The fraction of sp³-hybridized carbons (Fsp3) is 0.895. The molecule has 0 radical (unpaired) electrons. The minimum atomic E-state index is -0.0413. The molecule has 0 aromatic heterocycles. The van der Waals surface area contributed by atoms with Crippen molar-refractivity contribution < 1.29 is 14.3 Å². The quantitative estimate of drug-likeness (QED) is 0.527. The van der Waals surface area contributed by atoms with E-state index in [1.807, 2.05) is 0 Å². The van der Waals surface area contributed by atoms with Crippen LogP contribution in [0.5, 0.6) is 0 Å². The lowest BCUT2D eigenvalue weighted by atomic mass is 9.71. The van der Waals surface area contributed by atoms with Crippen molar-refractivity contribution in [2.75, 3.05) is 27.4 Å². The minimum absolute atomic E-state index is 0.0313. The van der Waals surface area contributed by atoms with Gasteiger partial charge in [0.1, 0.15) is 0 Å². The molecular weight excluding hydrogens is 304 g/mol. The Kier molecular flexibility index (Phi) is 7.53. The van der Waals surface area contributed by atoms with Gasteiger partial charge in [-0.25, -0.2) is 0 Å². The third-order valence-corrected chi connectivity index (χ3v) is 5.82. The molecule has 1 saturated carbocycles. The van der Waals surface area contributed by atoms with Crippen LogP contribution in [0.25, 0.3) is 0 Å². The van der Waals surface area contributed by atoms with Gasteiger partial charge in [0, 0.05) is 19.4 Å². The first kappa shape index (κ1) is 19.2. The number of rotatable bonds is 7. The van der Waals surface area contributed by atoms with E-state index in [0.717, 1.165) is 45.3 Å². The van der Waals surface area contributed by atoms with Gasteiger partial charge in [0.2, 0.25) is 0 Å². The molecule has 0 spiro atoms. The van der Waals surface area contributed by atoms with E-state index in [2.05, 4.69) is 18.9 Å². The topological polar surface area (TPSA) is 51.1 Å². The van der Waals surface area contributed by atoms with Crippen LogP contribution in [0.15, 0.2) is 5.10 Å². The molecule has 0 unspecified atom stereocenters. The van der Waals surface area contributed by atoms with Crippen LogP contribution in [0, 0.1) is 17.8 Å². The maximum atomic E-state index is 12.2. The van der Waals surface area contributed by atoms with Crippen LogP contribution >= 0.6 is 0 Å². The van der Waals surface area contributed by atoms with Crippen molar-refractivity contribution in [2.24, 2.45) is 22.9 Å². The Morgan fingerprint density at radius 1 is 1.21 bits per heavy atom. The highest BCUT2D eigenvalue weighted by Gasteiger charge is 2.37. The third-order valence-electron chi connectivity index (χ3n) is 5.82. The van der Waals surface area contributed by atoms with E-state index in [4.69, 9.17) is 14.6 Å². The van der Waals surface area contributed by atoms with E-state index in [1.54, 1.807) is 7.11 Å². The summed E-state index contributed by atoms with van der Waals surface area (Å²) in [7, 11) is 3.26. The fourth-order valence-electron chi connectivity index (χ4n) is 4.41. The molecule has 0 aromatic carbocycles. The van der Waals surface area contributed by atoms with Crippen molar-refractivity contribution in [3.63, 3.8) is 0 Å². The molecule has 4 atom stereocenters. The summed E-state index contributed by atoms with van der Waals surface area (Å²) in [6.07, 6.45) is 7.64. The minimum Gasteiger partial charge on any atom is -0.469 e. The highest BCUT2D eigenvalue weighted by atomic mass is 16.5. The molecule has 0 N–H and O–H groups in total. The molecular formula is C19H34N2O3. The Balaban J connectivity index is 2.12. The SMILES string of the molecule is CC/C(=N/N1CCC[C@H]1COC)[C@@H](C)[C@H]1CCCC[C@@H]1C(=O)OC. The summed E-state index contributed by atoms with van der Waals surface area (Å²) in [4.78, 5) is 12.2. The van der Waals surface area contributed by atoms with Gasteiger partial charge in [-0.2, -0.15) is 5.10 Å². The van der Waals surface area contributed by atoms with Crippen molar-refractivity contribution in [1.82, 2.24) is 5.01 Å². The zero-order valence-corrected chi connectivity index (χ0v) is 15.8. The number of ether oxygens (including phenoxy) is 2. The van der Waals surface area contributed by atoms with E-state index in [9.17, 15) is 4.79 Å². The van der Waals surface area contributed by atoms with Gasteiger partial charge in [0.15, 0.2) is 0 Å². The van der Waals surface area contributed by atoms with E-state index in [0.29, 0.717) is 17.9 Å². The Morgan fingerprint density at radius 3 is 2.62 bits per heavy atom.